The lowest BCUT2D eigenvalue weighted by Crippen LogP contribution is -2.21. The summed E-state index contributed by atoms with van der Waals surface area (Å²) in [7, 11) is 3.80. The van der Waals surface area contributed by atoms with Gasteiger partial charge in [-0.1, -0.05) is 0 Å². The Labute approximate surface area is 102 Å². The molecule has 0 aromatic heterocycles. The lowest BCUT2D eigenvalue weighted by molar-refractivity contribution is -0.207. The van der Waals surface area contributed by atoms with Crippen molar-refractivity contribution in [2.75, 3.05) is 21.3 Å². The molecule has 0 saturated heterocycles. The van der Waals surface area contributed by atoms with Crippen molar-refractivity contribution in [2.45, 2.75) is 12.3 Å². The highest BCUT2D eigenvalue weighted by Crippen LogP contribution is 2.45. The molecule has 1 aromatic rings. The van der Waals surface area contributed by atoms with Crippen LogP contribution >= 0.6 is 0 Å². The van der Waals surface area contributed by atoms with Crippen molar-refractivity contribution in [3.63, 3.8) is 0 Å². The largest absolute Gasteiger partial charge is 0.493 e. The average molecular weight is 266 g/mol. The van der Waals surface area contributed by atoms with E-state index in [2.05, 4.69) is 0 Å². The van der Waals surface area contributed by atoms with E-state index in [4.69, 9.17) is 14.2 Å². The molecule has 0 spiro atoms. The summed E-state index contributed by atoms with van der Waals surface area (Å²) in [5.74, 6) is 0.00921. The summed E-state index contributed by atoms with van der Waals surface area (Å²) in [6, 6.07) is 2.35. The molecule has 102 valence electrons. The van der Waals surface area contributed by atoms with Crippen molar-refractivity contribution < 1.29 is 32.5 Å². The molecule has 4 nitrogen and oxygen atoms in total. The van der Waals surface area contributed by atoms with Gasteiger partial charge in [-0.05, 0) is 12.1 Å². The molecule has 0 heterocycles. The maximum absolute atomic E-state index is 12.5. The first-order valence-corrected chi connectivity index (χ1v) is 4.90. The topological polar surface area (TPSA) is 47.9 Å². The van der Waals surface area contributed by atoms with Gasteiger partial charge in [0.05, 0.1) is 21.3 Å². The SMILES string of the molecule is COc1ccc(C(O)C(F)(F)F)c(OC)c1OC. The minimum atomic E-state index is -4.78. The predicted molar refractivity (Wildman–Crippen MR) is 57.1 cm³/mol. The number of rotatable bonds is 4. The number of aliphatic hydroxyl groups excluding tert-OH is 1. The molecule has 1 atom stereocenters. The standard InChI is InChI=1S/C11H13F3O4/c1-16-7-5-4-6(10(15)11(12,13)14)8(17-2)9(7)18-3/h4-5,10,15H,1-3H3. The molecule has 1 aromatic carbocycles. The fraction of sp³-hybridized carbons (Fsp3) is 0.455. The number of aliphatic hydroxyl groups is 1. The smallest absolute Gasteiger partial charge is 0.418 e. The number of hydrogen-bond donors (Lipinski definition) is 1. The van der Waals surface area contributed by atoms with Crippen LogP contribution in [0.2, 0.25) is 0 Å². The molecular formula is C11H13F3O4. The van der Waals surface area contributed by atoms with Crippen LogP contribution in [0.3, 0.4) is 0 Å². The maximum Gasteiger partial charge on any atom is 0.418 e. The zero-order chi connectivity index (χ0) is 13.9. The van der Waals surface area contributed by atoms with Gasteiger partial charge >= 0.3 is 6.18 Å². The first-order valence-electron chi connectivity index (χ1n) is 4.90. The van der Waals surface area contributed by atoms with E-state index in [1.807, 2.05) is 0 Å². The van der Waals surface area contributed by atoms with E-state index in [-0.39, 0.29) is 17.2 Å². The summed E-state index contributed by atoms with van der Waals surface area (Å²) in [6.45, 7) is 0. The van der Waals surface area contributed by atoms with Gasteiger partial charge in [-0.25, -0.2) is 0 Å². The Bertz CT molecular complexity index is 417. The van der Waals surface area contributed by atoms with E-state index in [0.717, 1.165) is 6.07 Å². The number of hydrogen-bond acceptors (Lipinski definition) is 4. The number of halogens is 3. The van der Waals surface area contributed by atoms with Crippen LogP contribution in [0.15, 0.2) is 12.1 Å². The second-order valence-corrected chi connectivity index (χ2v) is 3.37. The second kappa shape index (κ2) is 5.34. The van der Waals surface area contributed by atoms with Gasteiger partial charge in [-0.2, -0.15) is 13.2 Å². The molecule has 0 bridgehead atoms. The summed E-state index contributed by atoms with van der Waals surface area (Å²) in [5, 5.41) is 9.25. The molecule has 0 radical (unpaired) electrons. The third-order valence-corrected chi connectivity index (χ3v) is 2.34. The number of alkyl halides is 3. The van der Waals surface area contributed by atoms with Crippen LogP contribution in [0.1, 0.15) is 11.7 Å². The Morgan fingerprint density at radius 2 is 1.56 bits per heavy atom. The summed E-state index contributed by atoms with van der Waals surface area (Å²) in [6.07, 6.45) is -7.43. The van der Waals surface area contributed by atoms with Crippen LogP contribution in [0, 0.1) is 0 Å². The summed E-state index contributed by atoms with van der Waals surface area (Å²) >= 11 is 0. The highest BCUT2D eigenvalue weighted by molar-refractivity contribution is 5.56. The molecule has 7 heteroatoms. The summed E-state index contributed by atoms with van der Waals surface area (Å²) in [5.41, 5.74) is -0.428. The number of methoxy groups -OCH3 is 3. The van der Waals surface area contributed by atoms with Crippen molar-refractivity contribution in [1.29, 1.82) is 0 Å². The fourth-order valence-corrected chi connectivity index (χ4v) is 1.52. The normalized spacial score (nSPS) is 13.1. The van der Waals surface area contributed by atoms with Gasteiger partial charge in [0, 0.05) is 5.56 Å². The predicted octanol–water partition coefficient (Wildman–Crippen LogP) is 2.31. The Kier molecular flexibility index (Phi) is 4.28. The Hall–Kier alpha value is -1.63. The van der Waals surface area contributed by atoms with Gasteiger partial charge < -0.3 is 19.3 Å². The highest BCUT2D eigenvalue weighted by atomic mass is 19.4. The van der Waals surface area contributed by atoms with E-state index in [9.17, 15) is 18.3 Å². The van der Waals surface area contributed by atoms with Gasteiger partial charge in [0.1, 0.15) is 0 Å². The van der Waals surface area contributed by atoms with Crippen LogP contribution in [-0.4, -0.2) is 32.6 Å². The molecule has 1 N–H and O–H groups in total. The van der Waals surface area contributed by atoms with E-state index in [1.54, 1.807) is 0 Å². The van der Waals surface area contributed by atoms with Gasteiger partial charge in [0.2, 0.25) is 5.75 Å². The molecule has 1 unspecified atom stereocenters. The molecule has 0 aliphatic rings. The molecular weight excluding hydrogens is 253 g/mol. The lowest BCUT2D eigenvalue weighted by Gasteiger charge is -2.20. The summed E-state index contributed by atoms with van der Waals surface area (Å²) in [4.78, 5) is 0. The van der Waals surface area contributed by atoms with Crippen molar-refractivity contribution in [2.24, 2.45) is 0 Å². The molecule has 0 fully saturated rings. The maximum atomic E-state index is 12.5. The van der Waals surface area contributed by atoms with Crippen LogP contribution in [0.4, 0.5) is 13.2 Å². The number of benzene rings is 1. The van der Waals surface area contributed by atoms with Gasteiger partial charge in [0.15, 0.2) is 17.6 Å². The van der Waals surface area contributed by atoms with E-state index in [0.29, 0.717) is 0 Å². The Balaban J connectivity index is 3.38. The first-order chi connectivity index (χ1) is 8.36. The van der Waals surface area contributed by atoms with Crippen LogP contribution < -0.4 is 14.2 Å². The molecule has 0 saturated carbocycles. The first kappa shape index (κ1) is 14.4. The second-order valence-electron chi connectivity index (χ2n) is 3.37. The van der Waals surface area contributed by atoms with Gasteiger partial charge in [-0.3, -0.25) is 0 Å². The zero-order valence-corrected chi connectivity index (χ0v) is 10.0. The zero-order valence-electron chi connectivity index (χ0n) is 10.0. The highest BCUT2D eigenvalue weighted by Gasteiger charge is 2.41. The Morgan fingerprint density at radius 3 is 1.94 bits per heavy atom. The van der Waals surface area contributed by atoms with Crippen LogP contribution in [0.5, 0.6) is 17.2 Å². The molecule has 1 rings (SSSR count). The van der Waals surface area contributed by atoms with E-state index >= 15 is 0 Å². The quantitative estimate of drug-likeness (QED) is 0.908. The van der Waals surface area contributed by atoms with E-state index < -0.39 is 17.8 Å². The number of ether oxygens (including phenoxy) is 3. The minimum Gasteiger partial charge on any atom is -0.493 e. The monoisotopic (exact) mass is 266 g/mol. The third kappa shape index (κ3) is 2.61. The van der Waals surface area contributed by atoms with Crippen molar-refractivity contribution in [3.8, 4) is 17.2 Å². The summed E-state index contributed by atoms with van der Waals surface area (Å²) < 4.78 is 52.2. The van der Waals surface area contributed by atoms with Crippen LogP contribution in [0.25, 0.3) is 0 Å². The van der Waals surface area contributed by atoms with Crippen molar-refractivity contribution >= 4 is 0 Å². The molecule has 0 aliphatic carbocycles. The Morgan fingerprint density at radius 1 is 1.00 bits per heavy atom. The molecule has 0 aliphatic heterocycles. The van der Waals surface area contributed by atoms with E-state index in [1.165, 1.54) is 27.4 Å². The van der Waals surface area contributed by atoms with Crippen molar-refractivity contribution in [1.82, 2.24) is 0 Å². The third-order valence-electron chi connectivity index (χ3n) is 2.34. The molecule has 0 amide bonds. The van der Waals surface area contributed by atoms with Gasteiger partial charge in [-0.15, -0.1) is 0 Å². The van der Waals surface area contributed by atoms with Crippen LogP contribution in [-0.2, 0) is 0 Å². The minimum absolute atomic E-state index is 0.000741. The van der Waals surface area contributed by atoms with Crippen molar-refractivity contribution in [3.05, 3.63) is 17.7 Å². The fourth-order valence-electron chi connectivity index (χ4n) is 1.52. The average Bonchev–Trinajstić information content (AvgIpc) is 2.34. The molecule has 18 heavy (non-hydrogen) atoms. The lowest BCUT2D eigenvalue weighted by atomic mass is 10.1. The van der Waals surface area contributed by atoms with Gasteiger partial charge in [0.25, 0.3) is 0 Å².